The lowest BCUT2D eigenvalue weighted by Gasteiger charge is -2.27. The number of carboxylic acids is 1. The molecule has 112 valence electrons. The van der Waals surface area contributed by atoms with Crippen LogP contribution in [-0.2, 0) is 14.6 Å². The highest BCUT2D eigenvalue weighted by molar-refractivity contribution is 7.91. The van der Waals surface area contributed by atoms with Gasteiger partial charge in [-0.05, 0) is 5.41 Å². The molecule has 19 heavy (non-hydrogen) atoms. The fourth-order valence-electron chi connectivity index (χ4n) is 1.30. The molecule has 0 aromatic carbocycles. The average Bonchev–Trinajstić information content (AvgIpc) is 2.23. The maximum atomic E-state index is 11.5. The highest BCUT2D eigenvalue weighted by Gasteiger charge is 2.32. The predicted octanol–water partition coefficient (Wildman–Crippen LogP) is 0.220. The summed E-state index contributed by atoms with van der Waals surface area (Å²) in [5.41, 5.74) is -0.640. The van der Waals surface area contributed by atoms with Gasteiger partial charge in [0, 0.05) is 12.3 Å². The van der Waals surface area contributed by atoms with E-state index in [1.807, 2.05) is 0 Å². The predicted molar refractivity (Wildman–Crippen MR) is 71.7 cm³/mol. The highest BCUT2D eigenvalue weighted by Crippen LogP contribution is 2.19. The minimum Gasteiger partial charge on any atom is -0.480 e. The van der Waals surface area contributed by atoms with Crippen LogP contribution < -0.4 is 10.6 Å². The molecular formula is C11H22N2O5S. The maximum Gasteiger partial charge on any atom is 0.326 e. The number of rotatable bonds is 6. The van der Waals surface area contributed by atoms with E-state index in [4.69, 9.17) is 5.11 Å². The van der Waals surface area contributed by atoms with Crippen molar-refractivity contribution in [2.24, 2.45) is 5.41 Å². The summed E-state index contributed by atoms with van der Waals surface area (Å²) >= 11 is 0. The fourth-order valence-corrected chi connectivity index (χ4v) is 2.00. The van der Waals surface area contributed by atoms with Crippen molar-refractivity contribution in [1.82, 2.24) is 10.6 Å². The van der Waals surface area contributed by atoms with Crippen LogP contribution in [0, 0.1) is 5.41 Å². The third kappa shape index (κ3) is 7.00. The molecule has 0 aliphatic heterocycles. The summed E-state index contributed by atoms with van der Waals surface area (Å²) in [6.07, 6.45) is 0. The fraction of sp³-hybridized carbons (Fsp3) is 0.818. The zero-order chi connectivity index (χ0) is 15.3. The third-order valence-electron chi connectivity index (χ3n) is 2.53. The van der Waals surface area contributed by atoms with Gasteiger partial charge >= 0.3 is 12.0 Å². The van der Waals surface area contributed by atoms with Crippen molar-refractivity contribution in [2.75, 3.05) is 18.1 Å². The van der Waals surface area contributed by atoms with Crippen LogP contribution in [0.2, 0.25) is 0 Å². The van der Waals surface area contributed by atoms with Gasteiger partial charge < -0.3 is 15.7 Å². The van der Waals surface area contributed by atoms with E-state index < -0.39 is 33.3 Å². The van der Waals surface area contributed by atoms with Crippen LogP contribution in [0.4, 0.5) is 4.79 Å². The number of amides is 2. The normalized spacial score (nSPS) is 13.7. The van der Waals surface area contributed by atoms with Crippen LogP contribution in [-0.4, -0.2) is 49.6 Å². The number of carbonyl (C=O) groups is 2. The second-order valence-corrected chi connectivity index (χ2v) is 7.75. The summed E-state index contributed by atoms with van der Waals surface area (Å²) in [6.45, 7) is 6.54. The molecule has 0 saturated heterocycles. The molecule has 0 aromatic rings. The van der Waals surface area contributed by atoms with Crippen LogP contribution in [0.5, 0.6) is 0 Å². The molecule has 0 spiro atoms. The Bertz CT molecular complexity index is 425. The second-order valence-electron chi connectivity index (χ2n) is 5.27. The molecule has 1 atom stereocenters. The van der Waals surface area contributed by atoms with E-state index in [2.05, 4.69) is 10.6 Å². The summed E-state index contributed by atoms with van der Waals surface area (Å²) < 4.78 is 22.4. The van der Waals surface area contributed by atoms with Gasteiger partial charge in [0.15, 0.2) is 9.84 Å². The van der Waals surface area contributed by atoms with Gasteiger partial charge in [0.1, 0.15) is 6.04 Å². The van der Waals surface area contributed by atoms with Crippen molar-refractivity contribution in [3.63, 3.8) is 0 Å². The number of carbonyl (C=O) groups excluding carboxylic acids is 1. The Morgan fingerprint density at radius 2 is 1.79 bits per heavy atom. The minimum atomic E-state index is -3.15. The third-order valence-corrected chi connectivity index (χ3v) is 4.23. The van der Waals surface area contributed by atoms with Crippen LogP contribution in [0.15, 0.2) is 0 Å². The van der Waals surface area contributed by atoms with E-state index in [0.29, 0.717) is 0 Å². The highest BCUT2D eigenvalue weighted by atomic mass is 32.2. The molecule has 0 rings (SSSR count). The number of urea groups is 1. The first-order chi connectivity index (χ1) is 8.49. The van der Waals surface area contributed by atoms with Gasteiger partial charge in [-0.3, -0.25) is 0 Å². The van der Waals surface area contributed by atoms with E-state index in [1.54, 1.807) is 20.8 Å². The lowest BCUT2D eigenvalue weighted by molar-refractivity contribution is -0.141. The summed E-state index contributed by atoms with van der Waals surface area (Å²) in [5.74, 6) is -1.29. The van der Waals surface area contributed by atoms with Crippen molar-refractivity contribution < 1.29 is 23.1 Å². The molecule has 8 heteroatoms. The summed E-state index contributed by atoms with van der Waals surface area (Å²) in [5, 5.41) is 13.7. The Balaban J connectivity index is 4.35. The zero-order valence-corrected chi connectivity index (χ0v) is 12.5. The van der Waals surface area contributed by atoms with Crippen LogP contribution in [0.1, 0.15) is 27.7 Å². The Hall–Kier alpha value is -1.31. The molecule has 7 nitrogen and oxygen atoms in total. The second kappa shape index (κ2) is 6.74. The smallest absolute Gasteiger partial charge is 0.326 e. The van der Waals surface area contributed by atoms with Crippen molar-refractivity contribution in [2.45, 2.75) is 33.7 Å². The van der Waals surface area contributed by atoms with Crippen molar-refractivity contribution in [3.8, 4) is 0 Å². The molecule has 0 fully saturated rings. The Morgan fingerprint density at radius 1 is 1.26 bits per heavy atom. The largest absolute Gasteiger partial charge is 0.480 e. The van der Waals surface area contributed by atoms with Gasteiger partial charge in [0.05, 0.1) is 5.75 Å². The number of sulfone groups is 1. The van der Waals surface area contributed by atoms with Gasteiger partial charge in [0.2, 0.25) is 0 Å². The number of hydrogen-bond acceptors (Lipinski definition) is 4. The summed E-state index contributed by atoms with van der Waals surface area (Å²) in [6, 6.07) is -1.73. The lowest BCUT2D eigenvalue weighted by atomic mass is 9.87. The van der Waals surface area contributed by atoms with Crippen LogP contribution >= 0.6 is 0 Å². The summed E-state index contributed by atoms with van der Waals surface area (Å²) in [4.78, 5) is 22.5. The quantitative estimate of drug-likeness (QED) is 0.648. The van der Waals surface area contributed by atoms with Crippen molar-refractivity contribution in [1.29, 1.82) is 0 Å². The number of hydrogen-bond donors (Lipinski definition) is 3. The Morgan fingerprint density at radius 3 is 2.16 bits per heavy atom. The van der Waals surface area contributed by atoms with Crippen molar-refractivity contribution >= 4 is 21.8 Å². The monoisotopic (exact) mass is 294 g/mol. The van der Waals surface area contributed by atoms with Crippen LogP contribution in [0.3, 0.4) is 0 Å². The van der Waals surface area contributed by atoms with E-state index >= 15 is 0 Å². The molecule has 0 radical (unpaired) electrons. The molecule has 0 heterocycles. The molecule has 0 bridgehead atoms. The molecule has 0 saturated carbocycles. The molecule has 0 aliphatic carbocycles. The lowest BCUT2D eigenvalue weighted by Crippen LogP contribution is -2.52. The SMILES string of the molecule is CCS(=O)(=O)CCNC(=O)N[C@H](C(=O)O)C(C)(C)C. The maximum absolute atomic E-state index is 11.5. The van der Waals surface area contributed by atoms with Gasteiger partial charge in [-0.25, -0.2) is 18.0 Å². The number of carboxylic acid groups (broad SMARTS) is 1. The molecule has 0 aliphatic rings. The first-order valence-electron chi connectivity index (χ1n) is 5.97. The Labute approximate surface area is 113 Å². The molecule has 3 N–H and O–H groups in total. The average molecular weight is 294 g/mol. The van der Waals surface area contributed by atoms with Gasteiger partial charge in [-0.15, -0.1) is 0 Å². The molecular weight excluding hydrogens is 272 g/mol. The van der Waals surface area contributed by atoms with E-state index in [9.17, 15) is 18.0 Å². The zero-order valence-electron chi connectivity index (χ0n) is 11.7. The number of nitrogens with one attached hydrogen (secondary N) is 2. The number of aliphatic carboxylic acids is 1. The topological polar surface area (TPSA) is 113 Å². The molecule has 0 aromatic heterocycles. The van der Waals surface area contributed by atoms with Crippen LogP contribution in [0.25, 0.3) is 0 Å². The van der Waals surface area contributed by atoms with E-state index in [0.717, 1.165) is 0 Å². The Kier molecular flexibility index (Phi) is 6.28. The first-order valence-corrected chi connectivity index (χ1v) is 7.79. The molecule has 2 amide bonds. The van der Waals surface area contributed by atoms with E-state index in [-0.39, 0.29) is 18.1 Å². The first kappa shape index (κ1) is 17.7. The van der Waals surface area contributed by atoms with Gasteiger partial charge in [0.25, 0.3) is 0 Å². The standard InChI is InChI=1S/C11H22N2O5S/c1-5-19(17,18)7-6-12-10(16)13-8(9(14)15)11(2,3)4/h8H,5-7H2,1-4H3,(H,14,15)(H2,12,13,16)/t8-/m1/s1. The summed E-state index contributed by atoms with van der Waals surface area (Å²) in [7, 11) is -3.15. The minimum absolute atomic E-state index is 0.00996. The van der Waals surface area contributed by atoms with Gasteiger partial charge in [-0.2, -0.15) is 0 Å². The molecule has 0 unspecified atom stereocenters. The van der Waals surface area contributed by atoms with E-state index in [1.165, 1.54) is 6.92 Å². The van der Waals surface area contributed by atoms with Gasteiger partial charge in [-0.1, -0.05) is 27.7 Å². The van der Waals surface area contributed by atoms with Crippen molar-refractivity contribution in [3.05, 3.63) is 0 Å².